The molecule has 0 amide bonds. The first-order valence-electron chi connectivity index (χ1n) is 8.93. The highest BCUT2D eigenvalue weighted by Gasteiger charge is 2.14. The Balaban J connectivity index is 1.49. The summed E-state index contributed by atoms with van der Waals surface area (Å²) in [6, 6.07) is 23.7. The van der Waals surface area contributed by atoms with E-state index in [0.29, 0.717) is 18.2 Å². The highest BCUT2D eigenvalue weighted by atomic mass is 35.5. The lowest BCUT2D eigenvalue weighted by Gasteiger charge is -2.09. The largest absolute Gasteiger partial charge is 0.486 e. The van der Waals surface area contributed by atoms with Gasteiger partial charge in [-0.15, -0.1) is 11.3 Å². The van der Waals surface area contributed by atoms with E-state index >= 15 is 0 Å². The Hall–Kier alpha value is -2.89. The summed E-state index contributed by atoms with van der Waals surface area (Å²) in [5, 5.41) is 1.74. The molecule has 2 heterocycles. The number of nitrogens with zero attached hydrogens (tertiary/aromatic N) is 3. The molecule has 0 aliphatic rings. The summed E-state index contributed by atoms with van der Waals surface area (Å²) in [5.74, 6) is 1.64. The van der Waals surface area contributed by atoms with Crippen LogP contribution < -0.4 is 4.74 Å². The molecule has 138 valence electrons. The molecule has 28 heavy (non-hydrogen) atoms. The molecule has 0 N–H and O–H groups in total. The molecule has 3 aromatic carbocycles. The molecule has 0 fully saturated rings. The van der Waals surface area contributed by atoms with E-state index < -0.39 is 0 Å². The van der Waals surface area contributed by atoms with Gasteiger partial charge in [0, 0.05) is 5.02 Å². The van der Waals surface area contributed by atoms with Crippen molar-refractivity contribution in [3.05, 3.63) is 88.7 Å². The molecule has 0 spiro atoms. The summed E-state index contributed by atoms with van der Waals surface area (Å²) in [7, 11) is 0. The molecule has 0 saturated heterocycles. The normalized spacial score (nSPS) is 11.3. The number of hydrogen-bond acceptors (Lipinski definition) is 4. The van der Waals surface area contributed by atoms with Gasteiger partial charge in [0.25, 0.3) is 0 Å². The summed E-state index contributed by atoms with van der Waals surface area (Å²) in [4.78, 5) is 9.56. The van der Waals surface area contributed by atoms with Crippen molar-refractivity contribution in [2.24, 2.45) is 0 Å². The topological polar surface area (TPSA) is 39.9 Å². The van der Waals surface area contributed by atoms with E-state index in [1.165, 1.54) is 4.70 Å². The van der Waals surface area contributed by atoms with E-state index in [0.717, 1.165) is 33.1 Å². The van der Waals surface area contributed by atoms with E-state index in [1.807, 2.05) is 60.7 Å². The third kappa shape index (κ3) is 3.35. The third-order valence-corrected chi connectivity index (χ3v) is 5.82. The summed E-state index contributed by atoms with van der Waals surface area (Å²) in [6.07, 6.45) is 0. The molecule has 0 radical (unpaired) electrons. The van der Waals surface area contributed by atoms with Gasteiger partial charge in [0.15, 0.2) is 0 Å². The van der Waals surface area contributed by atoms with Crippen molar-refractivity contribution in [3.8, 4) is 5.75 Å². The summed E-state index contributed by atoms with van der Waals surface area (Å²) in [5.41, 5.74) is 3.07. The molecule has 2 aromatic heterocycles. The number of para-hydroxylation sites is 3. The van der Waals surface area contributed by atoms with Gasteiger partial charge in [-0.3, -0.25) is 0 Å². The number of rotatable bonds is 5. The van der Waals surface area contributed by atoms with E-state index in [9.17, 15) is 0 Å². The van der Waals surface area contributed by atoms with Crippen molar-refractivity contribution in [3.63, 3.8) is 0 Å². The van der Waals surface area contributed by atoms with Gasteiger partial charge < -0.3 is 9.30 Å². The predicted molar refractivity (Wildman–Crippen MR) is 114 cm³/mol. The van der Waals surface area contributed by atoms with E-state index in [1.54, 1.807) is 11.3 Å². The predicted octanol–water partition coefficient (Wildman–Crippen LogP) is 5.93. The van der Waals surface area contributed by atoms with E-state index in [-0.39, 0.29) is 0 Å². The number of aromatic nitrogens is 3. The van der Waals surface area contributed by atoms with Crippen LogP contribution in [0.25, 0.3) is 21.3 Å². The zero-order valence-electron chi connectivity index (χ0n) is 14.9. The molecule has 4 nitrogen and oxygen atoms in total. The van der Waals surface area contributed by atoms with Crippen molar-refractivity contribution in [2.45, 2.75) is 13.2 Å². The Morgan fingerprint density at radius 2 is 1.61 bits per heavy atom. The Morgan fingerprint density at radius 1 is 0.857 bits per heavy atom. The molecule has 0 unspecified atom stereocenters. The lowest BCUT2D eigenvalue weighted by molar-refractivity contribution is 0.291. The quantitative estimate of drug-likeness (QED) is 0.364. The summed E-state index contributed by atoms with van der Waals surface area (Å²) in [6.45, 7) is 1.04. The SMILES string of the molecule is Clc1ccc(OCc2nc3ccccc3n2Cc2nc3ccccc3s2)cc1. The number of thiazole rings is 1. The number of fused-ring (bicyclic) bond motifs is 2. The van der Waals surface area contributed by atoms with E-state index in [4.69, 9.17) is 26.3 Å². The lowest BCUT2D eigenvalue weighted by atomic mass is 10.3. The number of ether oxygens (including phenoxy) is 1. The average Bonchev–Trinajstić information content (AvgIpc) is 3.29. The first-order valence-corrected chi connectivity index (χ1v) is 10.1. The molecular weight excluding hydrogens is 390 g/mol. The fraction of sp³-hybridized carbons (Fsp3) is 0.0909. The maximum Gasteiger partial charge on any atom is 0.148 e. The van der Waals surface area contributed by atoms with Crippen LogP contribution in [0.3, 0.4) is 0 Å². The second-order valence-corrected chi connectivity index (χ2v) is 7.97. The van der Waals surface area contributed by atoms with Gasteiger partial charge in [-0.2, -0.15) is 0 Å². The second kappa shape index (κ2) is 7.26. The van der Waals surface area contributed by atoms with E-state index in [2.05, 4.69) is 16.7 Å². The molecule has 0 aliphatic heterocycles. The average molecular weight is 406 g/mol. The van der Waals surface area contributed by atoms with Crippen molar-refractivity contribution >= 4 is 44.2 Å². The van der Waals surface area contributed by atoms with Crippen LogP contribution in [0.1, 0.15) is 10.8 Å². The monoisotopic (exact) mass is 405 g/mol. The molecule has 0 aliphatic carbocycles. The highest BCUT2D eigenvalue weighted by Crippen LogP contribution is 2.25. The maximum atomic E-state index is 5.95. The van der Waals surface area contributed by atoms with Crippen molar-refractivity contribution in [1.82, 2.24) is 14.5 Å². The first-order chi connectivity index (χ1) is 13.8. The highest BCUT2D eigenvalue weighted by molar-refractivity contribution is 7.18. The molecule has 5 aromatic rings. The number of halogens is 1. The number of imidazole rings is 1. The molecule has 6 heteroatoms. The lowest BCUT2D eigenvalue weighted by Crippen LogP contribution is -2.08. The standard InChI is InChI=1S/C22H16ClN3OS/c23-15-9-11-16(12-10-15)27-14-21-24-17-5-1-3-7-19(17)26(21)13-22-25-18-6-2-4-8-20(18)28-22/h1-12H,13-14H2. The van der Waals surface area contributed by atoms with Crippen molar-refractivity contribution < 1.29 is 4.74 Å². The zero-order valence-corrected chi connectivity index (χ0v) is 16.5. The van der Waals surface area contributed by atoms with Crippen LogP contribution in [0.4, 0.5) is 0 Å². The van der Waals surface area contributed by atoms with Crippen molar-refractivity contribution in [2.75, 3.05) is 0 Å². The third-order valence-electron chi connectivity index (χ3n) is 4.55. The minimum Gasteiger partial charge on any atom is -0.486 e. The van der Waals surface area contributed by atoms with Crippen LogP contribution in [0.15, 0.2) is 72.8 Å². The zero-order chi connectivity index (χ0) is 18.9. The van der Waals surface area contributed by atoms with Crippen LogP contribution >= 0.6 is 22.9 Å². The maximum absolute atomic E-state index is 5.95. The van der Waals surface area contributed by atoms with Crippen LogP contribution in [0, 0.1) is 0 Å². The molecular formula is C22H16ClN3OS. The van der Waals surface area contributed by atoms with Gasteiger partial charge >= 0.3 is 0 Å². The van der Waals surface area contributed by atoms with Crippen LogP contribution in [0.5, 0.6) is 5.75 Å². The van der Waals surface area contributed by atoms with Crippen LogP contribution in [-0.2, 0) is 13.2 Å². The summed E-state index contributed by atoms with van der Waals surface area (Å²) < 4.78 is 9.33. The van der Waals surface area contributed by atoms with Crippen molar-refractivity contribution in [1.29, 1.82) is 0 Å². The van der Waals surface area contributed by atoms with Gasteiger partial charge in [0.1, 0.15) is 23.2 Å². The van der Waals surface area contributed by atoms with Gasteiger partial charge in [-0.25, -0.2) is 9.97 Å². The Bertz CT molecular complexity index is 1230. The smallest absolute Gasteiger partial charge is 0.148 e. The molecule has 0 saturated carbocycles. The molecule has 5 rings (SSSR count). The Labute approximate surface area is 171 Å². The minimum absolute atomic E-state index is 0.376. The number of benzene rings is 3. The summed E-state index contributed by atoms with van der Waals surface area (Å²) >= 11 is 7.67. The van der Waals surface area contributed by atoms with Gasteiger partial charge in [-0.1, -0.05) is 35.9 Å². The van der Waals surface area contributed by atoms with Gasteiger partial charge in [-0.05, 0) is 48.5 Å². The van der Waals surface area contributed by atoms with Gasteiger partial charge in [0.05, 0.1) is 27.8 Å². The molecule has 0 atom stereocenters. The number of hydrogen-bond donors (Lipinski definition) is 0. The fourth-order valence-electron chi connectivity index (χ4n) is 3.21. The molecule has 0 bridgehead atoms. The minimum atomic E-state index is 0.376. The van der Waals surface area contributed by atoms with Gasteiger partial charge in [0.2, 0.25) is 0 Å². The first kappa shape index (κ1) is 17.2. The Kier molecular flexibility index (Phi) is 4.47. The Morgan fingerprint density at radius 3 is 2.43 bits per heavy atom. The van der Waals surface area contributed by atoms with Crippen LogP contribution in [0.2, 0.25) is 5.02 Å². The fourth-order valence-corrected chi connectivity index (χ4v) is 4.30. The second-order valence-electron chi connectivity index (χ2n) is 6.42. The van der Waals surface area contributed by atoms with Crippen LogP contribution in [-0.4, -0.2) is 14.5 Å².